The molecule has 1 aromatic carbocycles. The van der Waals surface area contributed by atoms with Gasteiger partial charge in [0.2, 0.25) is 0 Å². The SMILES string of the molecule is COc1cccc(S(=O)Cc2c(C(=O)O)cnn2C)c1. The van der Waals surface area contributed by atoms with Gasteiger partial charge in [-0.25, -0.2) is 4.79 Å². The molecule has 0 radical (unpaired) electrons. The highest BCUT2D eigenvalue weighted by Gasteiger charge is 2.18. The molecule has 1 unspecified atom stereocenters. The van der Waals surface area contributed by atoms with Crippen molar-refractivity contribution in [1.29, 1.82) is 0 Å². The average Bonchev–Trinajstić information content (AvgIpc) is 2.80. The van der Waals surface area contributed by atoms with Gasteiger partial charge in [-0.3, -0.25) is 8.89 Å². The van der Waals surface area contributed by atoms with Crippen LogP contribution < -0.4 is 4.74 Å². The fourth-order valence-corrected chi connectivity index (χ4v) is 3.00. The molecule has 1 aromatic heterocycles. The predicted octanol–water partition coefficient (Wildman–Crippen LogP) is 1.43. The second-order valence-electron chi connectivity index (χ2n) is 4.10. The van der Waals surface area contributed by atoms with E-state index in [0.29, 0.717) is 16.3 Å². The Morgan fingerprint density at radius 2 is 2.25 bits per heavy atom. The zero-order valence-electron chi connectivity index (χ0n) is 11.1. The second-order valence-corrected chi connectivity index (χ2v) is 5.55. The molecule has 0 fully saturated rings. The number of aromatic nitrogens is 2. The van der Waals surface area contributed by atoms with Gasteiger partial charge in [-0.1, -0.05) is 6.07 Å². The largest absolute Gasteiger partial charge is 0.497 e. The Bertz CT molecular complexity index is 666. The van der Waals surface area contributed by atoms with Gasteiger partial charge in [-0.15, -0.1) is 0 Å². The van der Waals surface area contributed by atoms with Gasteiger partial charge in [-0.2, -0.15) is 5.10 Å². The number of aryl methyl sites for hydroxylation is 1. The second kappa shape index (κ2) is 5.87. The molecule has 0 amide bonds. The van der Waals surface area contributed by atoms with Gasteiger partial charge in [0.05, 0.1) is 35.6 Å². The fourth-order valence-electron chi connectivity index (χ4n) is 1.76. The molecular weight excluding hydrogens is 280 g/mol. The normalized spacial score (nSPS) is 12.1. The summed E-state index contributed by atoms with van der Waals surface area (Å²) in [7, 11) is 1.80. The molecule has 20 heavy (non-hydrogen) atoms. The lowest BCUT2D eigenvalue weighted by Gasteiger charge is -2.06. The van der Waals surface area contributed by atoms with Crippen molar-refractivity contribution in [3.63, 3.8) is 0 Å². The first-order valence-corrected chi connectivity index (χ1v) is 7.11. The number of aromatic carboxylic acids is 1. The lowest BCUT2D eigenvalue weighted by Crippen LogP contribution is -2.08. The van der Waals surface area contributed by atoms with Crippen LogP contribution in [0.1, 0.15) is 16.1 Å². The van der Waals surface area contributed by atoms with Gasteiger partial charge in [0.25, 0.3) is 0 Å². The average molecular weight is 294 g/mol. The summed E-state index contributed by atoms with van der Waals surface area (Å²) in [6, 6.07) is 6.89. The van der Waals surface area contributed by atoms with Crippen molar-refractivity contribution in [3.8, 4) is 5.75 Å². The molecule has 0 saturated carbocycles. The summed E-state index contributed by atoms with van der Waals surface area (Å²) in [6.07, 6.45) is 1.26. The van der Waals surface area contributed by atoms with E-state index in [0.717, 1.165) is 0 Å². The molecule has 1 N–H and O–H groups in total. The Kier molecular flexibility index (Phi) is 4.19. The number of benzene rings is 1. The highest BCUT2D eigenvalue weighted by molar-refractivity contribution is 7.84. The maximum Gasteiger partial charge on any atom is 0.339 e. The van der Waals surface area contributed by atoms with Gasteiger partial charge < -0.3 is 9.84 Å². The first-order chi connectivity index (χ1) is 9.52. The summed E-state index contributed by atoms with van der Waals surface area (Å²) >= 11 is 0. The van der Waals surface area contributed by atoms with Crippen molar-refractivity contribution in [2.24, 2.45) is 7.05 Å². The number of carboxylic acid groups (broad SMARTS) is 1. The molecule has 0 aliphatic rings. The topological polar surface area (TPSA) is 81.4 Å². The first-order valence-electron chi connectivity index (χ1n) is 5.79. The van der Waals surface area contributed by atoms with Crippen LogP contribution >= 0.6 is 0 Å². The summed E-state index contributed by atoms with van der Waals surface area (Å²) in [5.41, 5.74) is 0.502. The molecule has 6 nitrogen and oxygen atoms in total. The molecule has 7 heteroatoms. The number of hydrogen-bond acceptors (Lipinski definition) is 4. The molecule has 0 spiro atoms. The van der Waals surface area contributed by atoms with Crippen molar-refractivity contribution in [3.05, 3.63) is 41.7 Å². The zero-order valence-corrected chi connectivity index (χ0v) is 11.9. The smallest absolute Gasteiger partial charge is 0.339 e. The van der Waals surface area contributed by atoms with Gasteiger partial charge >= 0.3 is 5.97 Å². The molecular formula is C13H14N2O4S. The maximum absolute atomic E-state index is 12.3. The minimum Gasteiger partial charge on any atom is -0.497 e. The molecule has 0 bridgehead atoms. The first kappa shape index (κ1) is 14.3. The van der Waals surface area contributed by atoms with E-state index in [4.69, 9.17) is 9.84 Å². The molecule has 0 aliphatic heterocycles. The Morgan fingerprint density at radius 1 is 1.50 bits per heavy atom. The Hall–Kier alpha value is -2.15. The third-order valence-electron chi connectivity index (χ3n) is 2.86. The third kappa shape index (κ3) is 2.88. The minimum absolute atomic E-state index is 0.0729. The summed E-state index contributed by atoms with van der Waals surface area (Å²) in [5.74, 6) is -0.374. The lowest BCUT2D eigenvalue weighted by molar-refractivity contribution is 0.0696. The minimum atomic E-state index is -1.37. The van der Waals surface area contributed by atoms with Gasteiger partial charge in [-0.05, 0) is 18.2 Å². The summed E-state index contributed by atoms with van der Waals surface area (Å²) in [5, 5.41) is 13.0. The van der Waals surface area contributed by atoms with Crippen molar-refractivity contribution in [1.82, 2.24) is 9.78 Å². The predicted molar refractivity (Wildman–Crippen MR) is 73.3 cm³/mol. The summed E-state index contributed by atoms with van der Waals surface area (Å²) in [4.78, 5) is 11.7. The van der Waals surface area contributed by atoms with E-state index in [9.17, 15) is 9.00 Å². The number of ether oxygens (including phenoxy) is 1. The summed E-state index contributed by atoms with van der Waals surface area (Å²) < 4.78 is 18.8. The van der Waals surface area contributed by atoms with Gasteiger partial charge in [0.1, 0.15) is 11.3 Å². The lowest BCUT2D eigenvalue weighted by atomic mass is 10.3. The van der Waals surface area contributed by atoms with E-state index in [1.807, 2.05) is 0 Å². The Balaban J connectivity index is 2.27. The van der Waals surface area contributed by atoms with E-state index >= 15 is 0 Å². The molecule has 0 aliphatic carbocycles. The number of hydrogen-bond donors (Lipinski definition) is 1. The highest BCUT2D eigenvalue weighted by Crippen LogP contribution is 2.19. The van der Waals surface area contributed by atoms with Crippen LogP contribution in [0.15, 0.2) is 35.4 Å². The standard InChI is InChI=1S/C13H14N2O4S/c1-15-12(11(7-14-15)13(16)17)8-20(18)10-5-3-4-9(6-10)19-2/h3-7H,8H2,1-2H3,(H,16,17). The zero-order chi connectivity index (χ0) is 14.7. The number of rotatable bonds is 5. The number of carboxylic acids is 1. The molecule has 106 valence electrons. The Morgan fingerprint density at radius 3 is 2.90 bits per heavy atom. The van der Waals surface area contributed by atoms with E-state index in [1.165, 1.54) is 18.0 Å². The fraction of sp³-hybridized carbons (Fsp3) is 0.231. The van der Waals surface area contributed by atoms with Gasteiger partial charge in [0.15, 0.2) is 0 Å². The quantitative estimate of drug-likeness (QED) is 0.902. The van der Waals surface area contributed by atoms with Crippen molar-refractivity contribution >= 4 is 16.8 Å². The van der Waals surface area contributed by atoms with E-state index in [1.54, 1.807) is 31.3 Å². The molecule has 2 aromatic rings. The molecule has 1 atom stereocenters. The van der Waals surface area contributed by atoms with E-state index in [2.05, 4.69) is 5.10 Å². The van der Waals surface area contributed by atoms with Crippen LogP contribution in [0.25, 0.3) is 0 Å². The van der Waals surface area contributed by atoms with E-state index in [-0.39, 0.29) is 11.3 Å². The molecule has 0 saturated heterocycles. The molecule has 1 heterocycles. The van der Waals surface area contributed by atoms with Crippen LogP contribution in [0.5, 0.6) is 5.75 Å². The van der Waals surface area contributed by atoms with E-state index < -0.39 is 16.8 Å². The number of carbonyl (C=O) groups is 1. The van der Waals surface area contributed by atoms with Crippen LogP contribution in [0.4, 0.5) is 0 Å². The Labute approximate surface area is 118 Å². The van der Waals surface area contributed by atoms with Crippen molar-refractivity contribution < 1.29 is 18.8 Å². The number of methoxy groups -OCH3 is 1. The van der Waals surface area contributed by atoms with Gasteiger partial charge in [0, 0.05) is 11.9 Å². The van der Waals surface area contributed by atoms with Crippen LogP contribution in [-0.2, 0) is 23.6 Å². The van der Waals surface area contributed by atoms with Crippen LogP contribution in [0.2, 0.25) is 0 Å². The third-order valence-corrected chi connectivity index (χ3v) is 4.18. The maximum atomic E-state index is 12.3. The van der Waals surface area contributed by atoms with Crippen LogP contribution in [0, 0.1) is 0 Å². The van der Waals surface area contributed by atoms with Crippen LogP contribution in [-0.4, -0.2) is 32.2 Å². The van der Waals surface area contributed by atoms with Crippen LogP contribution in [0.3, 0.4) is 0 Å². The van der Waals surface area contributed by atoms with Crippen molar-refractivity contribution in [2.45, 2.75) is 10.6 Å². The number of nitrogens with zero attached hydrogens (tertiary/aromatic N) is 2. The molecule has 2 rings (SSSR count). The monoisotopic (exact) mass is 294 g/mol. The summed E-state index contributed by atoms with van der Waals surface area (Å²) in [6.45, 7) is 0. The van der Waals surface area contributed by atoms with Crippen molar-refractivity contribution in [2.75, 3.05) is 7.11 Å². The highest BCUT2D eigenvalue weighted by atomic mass is 32.2.